The molecule has 0 saturated heterocycles. The van der Waals surface area contributed by atoms with E-state index in [2.05, 4.69) is 0 Å². The van der Waals surface area contributed by atoms with Crippen molar-refractivity contribution >= 4 is 0 Å². The molecule has 9 heavy (non-hydrogen) atoms. The first-order valence-electron chi connectivity index (χ1n) is 2.70. The average molecular weight is 124 g/mol. The van der Waals surface area contributed by atoms with Crippen LogP contribution in [-0.2, 0) is 6.54 Å². The molecule has 1 rings (SSSR count). The third-order valence-corrected chi connectivity index (χ3v) is 1.11. The summed E-state index contributed by atoms with van der Waals surface area (Å²) in [7, 11) is 0. The standard InChI is InChI=1S/C6H8N2O/c7-5-6-1-3-8(9)4-2-6/h1-4H,5,7H2. The van der Waals surface area contributed by atoms with Crippen LogP contribution < -0.4 is 10.5 Å². The Kier molecular flexibility index (Phi) is 1.65. The van der Waals surface area contributed by atoms with Gasteiger partial charge in [0.25, 0.3) is 0 Å². The van der Waals surface area contributed by atoms with Gasteiger partial charge in [-0.15, -0.1) is 0 Å². The molecule has 0 fully saturated rings. The van der Waals surface area contributed by atoms with Gasteiger partial charge >= 0.3 is 0 Å². The van der Waals surface area contributed by atoms with E-state index >= 15 is 0 Å². The third-order valence-electron chi connectivity index (χ3n) is 1.11. The van der Waals surface area contributed by atoms with Crippen LogP contribution >= 0.6 is 0 Å². The fourth-order valence-corrected chi connectivity index (χ4v) is 0.580. The van der Waals surface area contributed by atoms with Gasteiger partial charge < -0.3 is 10.9 Å². The van der Waals surface area contributed by atoms with Crippen molar-refractivity contribution < 1.29 is 4.73 Å². The molecule has 0 amide bonds. The predicted molar refractivity (Wildman–Crippen MR) is 33.3 cm³/mol. The lowest BCUT2D eigenvalue weighted by atomic mass is 10.3. The zero-order valence-electron chi connectivity index (χ0n) is 4.95. The normalized spacial score (nSPS) is 9.44. The van der Waals surface area contributed by atoms with Crippen molar-refractivity contribution in [3.05, 3.63) is 35.3 Å². The highest BCUT2D eigenvalue weighted by Gasteiger charge is 1.88. The van der Waals surface area contributed by atoms with Crippen LogP contribution in [0.15, 0.2) is 24.5 Å². The van der Waals surface area contributed by atoms with Crippen LogP contribution in [0.1, 0.15) is 5.56 Å². The second-order valence-electron chi connectivity index (χ2n) is 1.77. The Morgan fingerprint density at radius 1 is 1.44 bits per heavy atom. The van der Waals surface area contributed by atoms with E-state index in [1.54, 1.807) is 12.1 Å². The maximum absolute atomic E-state index is 10.4. The summed E-state index contributed by atoms with van der Waals surface area (Å²) >= 11 is 0. The molecule has 0 spiro atoms. The van der Waals surface area contributed by atoms with Gasteiger partial charge in [0.05, 0.1) is 0 Å². The first-order valence-corrected chi connectivity index (χ1v) is 2.70. The Hall–Kier alpha value is -1.09. The van der Waals surface area contributed by atoms with Gasteiger partial charge in [0.15, 0.2) is 12.4 Å². The molecule has 0 aliphatic heterocycles. The van der Waals surface area contributed by atoms with Gasteiger partial charge in [-0.2, -0.15) is 4.73 Å². The molecule has 0 aromatic carbocycles. The molecule has 2 N–H and O–H groups in total. The fourth-order valence-electron chi connectivity index (χ4n) is 0.580. The van der Waals surface area contributed by atoms with Crippen molar-refractivity contribution in [2.24, 2.45) is 5.73 Å². The van der Waals surface area contributed by atoms with Gasteiger partial charge in [0.1, 0.15) is 0 Å². The van der Waals surface area contributed by atoms with Crippen molar-refractivity contribution in [3.8, 4) is 0 Å². The molecule has 0 bridgehead atoms. The van der Waals surface area contributed by atoms with E-state index in [4.69, 9.17) is 5.73 Å². The Morgan fingerprint density at radius 2 is 2.00 bits per heavy atom. The molecule has 0 aliphatic carbocycles. The topological polar surface area (TPSA) is 53.0 Å². The highest BCUT2D eigenvalue weighted by Crippen LogP contribution is 1.90. The minimum Gasteiger partial charge on any atom is -0.619 e. The highest BCUT2D eigenvalue weighted by atomic mass is 16.5. The maximum atomic E-state index is 10.4. The number of aromatic nitrogens is 1. The minimum atomic E-state index is 0.487. The molecule has 3 heteroatoms. The number of hydrogen-bond donors (Lipinski definition) is 1. The smallest absolute Gasteiger partial charge is 0.180 e. The van der Waals surface area contributed by atoms with Crippen molar-refractivity contribution in [2.75, 3.05) is 0 Å². The van der Waals surface area contributed by atoms with Gasteiger partial charge in [-0.1, -0.05) is 0 Å². The number of pyridine rings is 1. The predicted octanol–water partition coefficient (Wildman–Crippen LogP) is -0.221. The molecule has 1 aromatic rings. The number of nitrogens with two attached hydrogens (primary N) is 1. The molecule has 0 aliphatic rings. The summed E-state index contributed by atoms with van der Waals surface area (Å²) in [5.41, 5.74) is 6.26. The molecule has 3 nitrogen and oxygen atoms in total. The summed E-state index contributed by atoms with van der Waals surface area (Å²) in [4.78, 5) is 0. The molecule has 1 aromatic heterocycles. The number of rotatable bonds is 1. The van der Waals surface area contributed by atoms with Crippen molar-refractivity contribution in [1.82, 2.24) is 0 Å². The summed E-state index contributed by atoms with van der Waals surface area (Å²) < 4.78 is 0.735. The molecular weight excluding hydrogens is 116 g/mol. The average Bonchev–Trinajstić information content (AvgIpc) is 1.90. The summed E-state index contributed by atoms with van der Waals surface area (Å²) in [6.45, 7) is 0.487. The van der Waals surface area contributed by atoms with Crippen LogP contribution in [0.25, 0.3) is 0 Å². The second-order valence-corrected chi connectivity index (χ2v) is 1.77. The van der Waals surface area contributed by atoms with Crippen molar-refractivity contribution in [1.29, 1.82) is 0 Å². The summed E-state index contributed by atoms with van der Waals surface area (Å²) in [5.74, 6) is 0. The van der Waals surface area contributed by atoms with E-state index in [0.29, 0.717) is 6.54 Å². The van der Waals surface area contributed by atoms with Gasteiger partial charge in [-0.3, -0.25) is 0 Å². The third kappa shape index (κ3) is 1.40. The van der Waals surface area contributed by atoms with Gasteiger partial charge in [-0.25, -0.2) is 0 Å². The molecule has 0 saturated carbocycles. The zero-order valence-corrected chi connectivity index (χ0v) is 4.95. The Balaban J connectivity index is 2.88. The molecular formula is C6H8N2O. The van der Waals surface area contributed by atoms with Crippen LogP contribution in [-0.4, -0.2) is 0 Å². The maximum Gasteiger partial charge on any atom is 0.180 e. The summed E-state index contributed by atoms with van der Waals surface area (Å²) in [6.07, 6.45) is 2.87. The largest absolute Gasteiger partial charge is 0.619 e. The summed E-state index contributed by atoms with van der Waals surface area (Å²) in [6, 6.07) is 3.40. The van der Waals surface area contributed by atoms with Crippen molar-refractivity contribution in [2.45, 2.75) is 6.54 Å². The first-order chi connectivity index (χ1) is 4.33. The summed E-state index contributed by atoms with van der Waals surface area (Å²) in [5, 5.41) is 10.4. The van der Waals surface area contributed by atoms with Crippen LogP contribution in [0.2, 0.25) is 0 Å². The Bertz CT molecular complexity index is 183. The van der Waals surface area contributed by atoms with Crippen molar-refractivity contribution in [3.63, 3.8) is 0 Å². The SMILES string of the molecule is NCc1cc[n+]([O-])cc1. The van der Waals surface area contributed by atoms with Crippen LogP contribution in [0.4, 0.5) is 0 Å². The number of nitrogens with zero attached hydrogens (tertiary/aromatic N) is 1. The molecule has 0 radical (unpaired) electrons. The monoisotopic (exact) mass is 124 g/mol. The van der Waals surface area contributed by atoms with Gasteiger partial charge in [0.2, 0.25) is 0 Å². The van der Waals surface area contributed by atoms with E-state index in [9.17, 15) is 5.21 Å². The fraction of sp³-hybridized carbons (Fsp3) is 0.167. The number of hydrogen-bond acceptors (Lipinski definition) is 2. The first kappa shape index (κ1) is 6.04. The van der Waals surface area contributed by atoms with Crippen LogP contribution in [0.3, 0.4) is 0 Å². The van der Waals surface area contributed by atoms with Gasteiger partial charge in [-0.05, 0) is 5.56 Å². The Labute approximate surface area is 53.3 Å². The lowest BCUT2D eigenvalue weighted by Gasteiger charge is -1.94. The van der Waals surface area contributed by atoms with E-state index in [0.717, 1.165) is 10.3 Å². The van der Waals surface area contributed by atoms with E-state index < -0.39 is 0 Å². The Morgan fingerprint density at radius 3 is 2.44 bits per heavy atom. The van der Waals surface area contributed by atoms with Gasteiger partial charge in [0, 0.05) is 18.7 Å². The minimum absolute atomic E-state index is 0.487. The van der Waals surface area contributed by atoms with E-state index in [-0.39, 0.29) is 0 Å². The molecule has 1 heterocycles. The lowest BCUT2D eigenvalue weighted by Crippen LogP contribution is -2.23. The van der Waals surface area contributed by atoms with Crippen LogP contribution in [0, 0.1) is 5.21 Å². The quantitative estimate of drug-likeness (QED) is 0.415. The second kappa shape index (κ2) is 2.46. The highest BCUT2D eigenvalue weighted by molar-refractivity contribution is 5.05. The van der Waals surface area contributed by atoms with Crippen LogP contribution in [0.5, 0.6) is 0 Å². The molecule has 0 atom stereocenters. The van der Waals surface area contributed by atoms with E-state index in [1.165, 1.54) is 12.4 Å². The van der Waals surface area contributed by atoms with E-state index in [1.807, 2.05) is 0 Å². The lowest BCUT2D eigenvalue weighted by molar-refractivity contribution is -0.605. The molecule has 48 valence electrons. The molecule has 0 unspecified atom stereocenters. The zero-order chi connectivity index (χ0) is 6.69.